The summed E-state index contributed by atoms with van der Waals surface area (Å²) in [6, 6.07) is 3.65. The van der Waals surface area contributed by atoms with Crippen LogP contribution in [0.15, 0.2) is 24.5 Å². The minimum absolute atomic E-state index is 0.241. The number of pyridine rings is 1. The fourth-order valence-electron chi connectivity index (χ4n) is 1.71. The minimum atomic E-state index is -0.260. The molecular formula is C12H14ClN3O2. The predicted molar refractivity (Wildman–Crippen MR) is 68.6 cm³/mol. The largest absolute Gasteiger partial charge is 0.468 e. The molecule has 0 aliphatic carbocycles. The molecule has 2 aromatic rings. The van der Waals surface area contributed by atoms with Crippen molar-refractivity contribution in [3.63, 3.8) is 0 Å². The molecule has 0 unspecified atom stereocenters. The first kappa shape index (κ1) is 12.9. The summed E-state index contributed by atoms with van der Waals surface area (Å²) in [5.41, 5.74) is 1.71. The first-order valence-electron chi connectivity index (χ1n) is 5.47. The number of esters is 1. The molecule has 0 aliphatic rings. The summed E-state index contributed by atoms with van der Waals surface area (Å²) in [4.78, 5) is 17.4. The molecule has 2 heterocycles. The topological polar surface area (TPSA) is 46.8 Å². The van der Waals surface area contributed by atoms with Crippen LogP contribution in [0.4, 0.5) is 0 Å². The lowest BCUT2D eigenvalue weighted by Crippen LogP contribution is -2.26. The molecule has 0 radical (unpaired) electrons. The molecule has 0 saturated carbocycles. The number of fused-ring (bicyclic) bond motifs is 1. The Labute approximate surface area is 110 Å². The van der Waals surface area contributed by atoms with Gasteiger partial charge >= 0.3 is 5.97 Å². The average Bonchev–Trinajstić information content (AvgIpc) is 2.69. The summed E-state index contributed by atoms with van der Waals surface area (Å²) in [7, 11) is 3.22. The number of aromatic nitrogens is 2. The molecule has 0 N–H and O–H groups in total. The van der Waals surface area contributed by atoms with Crippen molar-refractivity contribution in [2.75, 3.05) is 20.7 Å². The number of rotatable bonds is 4. The predicted octanol–water partition coefficient (Wildman–Crippen LogP) is 1.59. The zero-order valence-corrected chi connectivity index (χ0v) is 11.0. The molecule has 96 valence electrons. The van der Waals surface area contributed by atoms with Crippen molar-refractivity contribution in [1.82, 2.24) is 14.3 Å². The summed E-state index contributed by atoms with van der Waals surface area (Å²) in [5, 5.41) is 0.661. The summed E-state index contributed by atoms with van der Waals surface area (Å²) in [6.45, 7) is 0.819. The van der Waals surface area contributed by atoms with Crippen LogP contribution < -0.4 is 0 Å². The zero-order chi connectivity index (χ0) is 13.1. The van der Waals surface area contributed by atoms with Gasteiger partial charge in [0.1, 0.15) is 5.65 Å². The second-order valence-electron chi connectivity index (χ2n) is 4.09. The van der Waals surface area contributed by atoms with Gasteiger partial charge in [0.05, 0.1) is 24.4 Å². The zero-order valence-electron chi connectivity index (χ0n) is 10.3. The third-order valence-electron chi connectivity index (χ3n) is 2.52. The molecule has 0 amide bonds. The van der Waals surface area contributed by atoms with E-state index in [9.17, 15) is 4.79 Å². The maximum Gasteiger partial charge on any atom is 0.319 e. The number of methoxy groups -OCH3 is 1. The van der Waals surface area contributed by atoms with Gasteiger partial charge in [-0.3, -0.25) is 9.69 Å². The number of hydrogen-bond acceptors (Lipinski definition) is 4. The van der Waals surface area contributed by atoms with Crippen LogP contribution in [0.2, 0.25) is 5.02 Å². The number of ether oxygens (including phenoxy) is 1. The normalized spacial score (nSPS) is 11.1. The number of nitrogens with zero attached hydrogens (tertiary/aromatic N) is 3. The second-order valence-corrected chi connectivity index (χ2v) is 4.53. The number of hydrogen-bond donors (Lipinski definition) is 0. The Kier molecular flexibility index (Phi) is 3.84. The molecule has 2 aromatic heterocycles. The van der Waals surface area contributed by atoms with E-state index in [-0.39, 0.29) is 12.5 Å². The van der Waals surface area contributed by atoms with Crippen LogP contribution in [0.1, 0.15) is 5.69 Å². The van der Waals surface area contributed by atoms with Crippen molar-refractivity contribution in [2.45, 2.75) is 6.54 Å². The lowest BCUT2D eigenvalue weighted by Gasteiger charge is -2.12. The number of halogens is 1. The average molecular weight is 268 g/mol. The van der Waals surface area contributed by atoms with Crippen LogP contribution in [-0.2, 0) is 16.1 Å². The number of carbonyl (C=O) groups excluding carboxylic acids is 1. The third kappa shape index (κ3) is 3.00. The van der Waals surface area contributed by atoms with E-state index in [0.29, 0.717) is 11.6 Å². The van der Waals surface area contributed by atoms with E-state index in [4.69, 9.17) is 11.6 Å². The molecule has 2 rings (SSSR count). The van der Waals surface area contributed by atoms with Crippen LogP contribution in [-0.4, -0.2) is 41.0 Å². The molecule has 0 fully saturated rings. The Bertz CT molecular complexity index is 567. The number of likely N-dealkylation sites (N-methyl/N-ethyl adjacent to an activating group) is 1. The van der Waals surface area contributed by atoms with Crippen LogP contribution in [0.5, 0.6) is 0 Å². The van der Waals surface area contributed by atoms with Crippen molar-refractivity contribution in [2.24, 2.45) is 0 Å². The van der Waals surface area contributed by atoms with Gasteiger partial charge in [0.2, 0.25) is 0 Å². The van der Waals surface area contributed by atoms with Gasteiger partial charge in [0, 0.05) is 18.9 Å². The lowest BCUT2D eigenvalue weighted by atomic mass is 10.4. The van der Waals surface area contributed by atoms with E-state index in [1.807, 2.05) is 28.6 Å². The van der Waals surface area contributed by atoms with Crippen molar-refractivity contribution < 1.29 is 9.53 Å². The molecule has 0 spiro atoms. The van der Waals surface area contributed by atoms with Gasteiger partial charge in [-0.2, -0.15) is 0 Å². The molecule has 5 nitrogen and oxygen atoms in total. The molecule has 0 bridgehead atoms. The molecule has 6 heteroatoms. The molecule has 0 saturated heterocycles. The Hall–Kier alpha value is -1.59. The molecule has 0 aromatic carbocycles. The fourth-order valence-corrected chi connectivity index (χ4v) is 1.88. The van der Waals surface area contributed by atoms with Crippen LogP contribution in [0.25, 0.3) is 5.65 Å². The van der Waals surface area contributed by atoms with Gasteiger partial charge in [-0.1, -0.05) is 11.6 Å². The first-order valence-corrected chi connectivity index (χ1v) is 5.85. The highest BCUT2D eigenvalue weighted by molar-refractivity contribution is 6.30. The molecule has 0 atom stereocenters. The molecular weight excluding hydrogens is 254 g/mol. The number of imidazole rings is 1. The highest BCUT2D eigenvalue weighted by Crippen LogP contribution is 2.12. The molecule has 0 aliphatic heterocycles. The summed E-state index contributed by atoms with van der Waals surface area (Å²) < 4.78 is 6.47. The van der Waals surface area contributed by atoms with E-state index in [2.05, 4.69) is 9.72 Å². The van der Waals surface area contributed by atoms with E-state index < -0.39 is 0 Å². The van der Waals surface area contributed by atoms with E-state index >= 15 is 0 Å². The van der Waals surface area contributed by atoms with Crippen molar-refractivity contribution in [1.29, 1.82) is 0 Å². The first-order chi connectivity index (χ1) is 8.58. The van der Waals surface area contributed by atoms with Gasteiger partial charge in [-0.05, 0) is 19.2 Å². The standard InChI is InChI=1S/C12H14ClN3O2/c1-15(8-12(17)18-2)6-10-7-16-5-9(13)3-4-11(16)14-10/h3-5,7H,6,8H2,1-2H3. The minimum Gasteiger partial charge on any atom is -0.468 e. The summed E-state index contributed by atoms with van der Waals surface area (Å²) >= 11 is 5.90. The Morgan fingerprint density at radius 3 is 3.00 bits per heavy atom. The quantitative estimate of drug-likeness (QED) is 0.790. The maximum atomic E-state index is 11.1. The Morgan fingerprint density at radius 1 is 1.50 bits per heavy atom. The highest BCUT2D eigenvalue weighted by Gasteiger charge is 2.09. The smallest absolute Gasteiger partial charge is 0.319 e. The fraction of sp³-hybridized carbons (Fsp3) is 0.333. The van der Waals surface area contributed by atoms with Crippen molar-refractivity contribution in [3.8, 4) is 0 Å². The van der Waals surface area contributed by atoms with E-state index in [1.165, 1.54) is 7.11 Å². The Balaban J connectivity index is 2.09. The lowest BCUT2D eigenvalue weighted by molar-refractivity contribution is -0.141. The molecule has 18 heavy (non-hydrogen) atoms. The SMILES string of the molecule is COC(=O)CN(C)Cc1cn2cc(Cl)ccc2n1. The summed E-state index contributed by atoms with van der Waals surface area (Å²) in [5.74, 6) is -0.260. The third-order valence-corrected chi connectivity index (χ3v) is 2.75. The van der Waals surface area contributed by atoms with Gasteiger partial charge in [0.25, 0.3) is 0 Å². The summed E-state index contributed by atoms with van der Waals surface area (Å²) in [6.07, 6.45) is 3.70. The van der Waals surface area contributed by atoms with Crippen molar-refractivity contribution >= 4 is 23.2 Å². The van der Waals surface area contributed by atoms with Crippen LogP contribution in [0, 0.1) is 0 Å². The van der Waals surface area contributed by atoms with Gasteiger partial charge in [-0.15, -0.1) is 0 Å². The van der Waals surface area contributed by atoms with Gasteiger partial charge < -0.3 is 9.14 Å². The van der Waals surface area contributed by atoms with Crippen LogP contribution in [0.3, 0.4) is 0 Å². The maximum absolute atomic E-state index is 11.1. The monoisotopic (exact) mass is 267 g/mol. The van der Waals surface area contributed by atoms with Crippen LogP contribution >= 0.6 is 11.6 Å². The second kappa shape index (κ2) is 5.37. The van der Waals surface area contributed by atoms with E-state index in [1.54, 1.807) is 12.3 Å². The van der Waals surface area contributed by atoms with Gasteiger partial charge in [-0.25, -0.2) is 4.98 Å². The van der Waals surface area contributed by atoms with Crippen molar-refractivity contribution in [3.05, 3.63) is 35.2 Å². The number of carbonyl (C=O) groups is 1. The highest BCUT2D eigenvalue weighted by atomic mass is 35.5. The Morgan fingerprint density at radius 2 is 2.28 bits per heavy atom. The van der Waals surface area contributed by atoms with E-state index in [0.717, 1.165) is 11.3 Å². The van der Waals surface area contributed by atoms with Gasteiger partial charge in [0.15, 0.2) is 0 Å².